The summed E-state index contributed by atoms with van der Waals surface area (Å²) < 4.78 is 0. The van der Waals surface area contributed by atoms with E-state index in [4.69, 9.17) is 5.73 Å². The third-order valence-electron chi connectivity index (χ3n) is 7.42. The fourth-order valence-corrected chi connectivity index (χ4v) is 6.24. The highest BCUT2D eigenvalue weighted by atomic mass is 15.7. The quantitative estimate of drug-likeness (QED) is 0.457. The van der Waals surface area contributed by atoms with E-state index in [1.54, 1.807) is 0 Å². The molecule has 0 amide bonds. The molecule has 6 heteroatoms. The number of hydrazine groups is 2. The van der Waals surface area contributed by atoms with Crippen LogP contribution in [0.25, 0.3) is 0 Å². The summed E-state index contributed by atoms with van der Waals surface area (Å²) >= 11 is 0. The maximum absolute atomic E-state index is 6.43. The Morgan fingerprint density at radius 2 is 1.80 bits per heavy atom. The number of nitrogens with one attached hydrogen (secondary N) is 4. The van der Waals surface area contributed by atoms with Gasteiger partial charge in [0.15, 0.2) is 0 Å². The van der Waals surface area contributed by atoms with Crippen molar-refractivity contribution >= 4 is 0 Å². The Hall–Kier alpha value is -0.820. The van der Waals surface area contributed by atoms with Crippen molar-refractivity contribution < 1.29 is 0 Å². The summed E-state index contributed by atoms with van der Waals surface area (Å²) in [6.45, 7) is 0. The van der Waals surface area contributed by atoms with Crippen LogP contribution in [0, 0.1) is 17.8 Å². The van der Waals surface area contributed by atoms with Gasteiger partial charge in [0.1, 0.15) is 0 Å². The van der Waals surface area contributed by atoms with Crippen LogP contribution in [0.5, 0.6) is 0 Å². The first-order valence-electron chi connectivity index (χ1n) is 10.6. The summed E-state index contributed by atoms with van der Waals surface area (Å²) in [7, 11) is 0. The van der Waals surface area contributed by atoms with Gasteiger partial charge in [-0.25, -0.2) is 0 Å². The number of nitrogens with zero attached hydrogens (tertiary/aromatic N) is 1. The standard InChI is InChI=1S/C19H34N6/c20-18-10-13-9-12-5-1-2-6-14(12)16-11-25(24-23-16)17-8-4-3-7-15(17)19(21-13)22-18/h11-15,17-19,21-24H,1-10,20H2. The molecule has 0 aromatic carbocycles. The zero-order chi connectivity index (χ0) is 16.8. The lowest BCUT2D eigenvalue weighted by atomic mass is 9.74. The Labute approximate surface area is 151 Å². The molecule has 3 aliphatic heterocycles. The van der Waals surface area contributed by atoms with E-state index in [-0.39, 0.29) is 6.17 Å². The Morgan fingerprint density at radius 3 is 2.76 bits per heavy atom. The first kappa shape index (κ1) is 16.4. The second-order valence-electron chi connectivity index (χ2n) is 8.98. The molecule has 6 N–H and O–H groups in total. The molecule has 140 valence electrons. The zero-order valence-corrected chi connectivity index (χ0v) is 15.2. The van der Waals surface area contributed by atoms with Gasteiger partial charge in [-0.15, -0.1) is 5.53 Å². The molecule has 1 saturated heterocycles. The number of allylic oxidation sites excluding steroid dienone is 1. The number of nitrogens with two attached hydrogens (primary N) is 1. The minimum atomic E-state index is 0.136. The molecular formula is C19H34N6. The molecule has 5 rings (SSSR count). The van der Waals surface area contributed by atoms with Crippen LogP contribution in [0.1, 0.15) is 64.2 Å². The molecule has 25 heavy (non-hydrogen) atoms. The lowest BCUT2D eigenvalue weighted by Gasteiger charge is -2.47. The molecule has 3 fully saturated rings. The van der Waals surface area contributed by atoms with Gasteiger partial charge in [0.05, 0.1) is 18.4 Å². The van der Waals surface area contributed by atoms with Crippen molar-refractivity contribution in [2.75, 3.05) is 0 Å². The van der Waals surface area contributed by atoms with E-state index >= 15 is 0 Å². The van der Waals surface area contributed by atoms with Gasteiger partial charge in [-0.1, -0.05) is 25.7 Å². The van der Waals surface area contributed by atoms with Crippen molar-refractivity contribution in [3.8, 4) is 0 Å². The summed E-state index contributed by atoms with van der Waals surface area (Å²) in [5.74, 6) is 2.06. The van der Waals surface area contributed by atoms with Gasteiger partial charge in [0.25, 0.3) is 0 Å². The van der Waals surface area contributed by atoms with Gasteiger partial charge >= 0.3 is 0 Å². The molecule has 7 atom stereocenters. The normalized spacial score (nSPS) is 47.0. The second kappa shape index (κ2) is 6.72. The molecule has 0 aromatic rings. The van der Waals surface area contributed by atoms with Gasteiger partial charge in [-0.05, 0) is 44.4 Å². The molecule has 0 radical (unpaired) electrons. The Bertz CT molecular complexity index is 522. The molecule has 0 aromatic heterocycles. The lowest BCUT2D eigenvalue weighted by molar-refractivity contribution is 0.0475. The van der Waals surface area contributed by atoms with Gasteiger partial charge in [0.2, 0.25) is 0 Å². The van der Waals surface area contributed by atoms with Crippen LogP contribution in [0.15, 0.2) is 11.9 Å². The molecule has 2 aliphatic carbocycles. The van der Waals surface area contributed by atoms with Crippen molar-refractivity contribution in [1.82, 2.24) is 26.6 Å². The van der Waals surface area contributed by atoms with Crippen molar-refractivity contribution in [3.05, 3.63) is 11.9 Å². The van der Waals surface area contributed by atoms with E-state index in [9.17, 15) is 0 Å². The average Bonchev–Trinajstić information content (AvgIpc) is 3.10. The van der Waals surface area contributed by atoms with Gasteiger partial charge in [0, 0.05) is 29.8 Å². The summed E-state index contributed by atoms with van der Waals surface area (Å²) in [5.41, 5.74) is 14.9. The van der Waals surface area contributed by atoms with Gasteiger partial charge < -0.3 is 11.2 Å². The topological polar surface area (TPSA) is 77.4 Å². The van der Waals surface area contributed by atoms with Crippen molar-refractivity contribution in [2.45, 2.75) is 88.6 Å². The van der Waals surface area contributed by atoms with Crippen LogP contribution in [-0.2, 0) is 0 Å². The van der Waals surface area contributed by atoms with Crippen LogP contribution in [-0.4, -0.2) is 29.4 Å². The Kier molecular flexibility index (Phi) is 4.40. The highest BCUT2D eigenvalue weighted by Crippen LogP contribution is 2.40. The van der Waals surface area contributed by atoms with E-state index in [0.29, 0.717) is 30.1 Å². The highest BCUT2D eigenvalue weighted by Gasteiger charge is 2.42. The zero-order valence-electron chi connectivity index (χ0n) is 15.2. The van der Waals surface area contributed by atoms with Gasteiger partial charge in [-0.2, -0.15) is 0 Å². The first-order valence-corrected chi connectivity index (χ1v) is 10.6. The van der Waals surface area contributed by atoms with Crippen LogP contribution >= 0.6 is 0 Å². The van der Waals surface area contributed by atoms with Crippen LogP contribution in [0.4, 0.5) is 0 Å². The fourth-order valence-electron chi connectivity index (χ4n) is 6.24. The molecule has 2 saturated carbocycles. The average molecular weight is 347 g/mol. The van der Waals surface area contributed by atoms with E-state index in [1.807, 2.05) is 0 Å². The van der Waals surface area contributed by atoms with Crippen LogP contribution < -0.4 is 27.3 Å². The molecule has 4 bridgehead atoms. The summed E-state index contributed by atoms with van der Waals surface area (Å²) in [6.07, 6.45) is 15.9. The lowest BCUT2D eigenvalue weighted by Crippen LogP contribution is -2.67. The summed E-state index contributed by atoms with van der Waals surface area (Å²) in [6, 6.07) is 1.10. The van der Waals surface area contributed by atoms with Crippen molar-refractivity contribution in [1.29, 1.82) is 0 Å². The molecule has 3 heterocycles. The number of fused-ring (bicyclic) bond motifs is 8. The highest BCUT2D eigenvalue weighted by molar-refractivity contribution is 5.12. The smallest absolute Gasteiger partial charge is 0.0635 e. The van der Waals surface area contributed by atoms with Crippen molar-refractivity contribution in [2.24, 2.45) is 23.5 Å². The number of rotatable bonds is 0. The monoisotopic (exact) mass is 346 g/mol. The van der Waals surface area contributed by atoms with Crippen molar-refractivity contribution in [3.63, 3.8) is 0 Å². The SMILES string of the molecule is NC1CC2CC3CCCCC3C3=CN(NN3)C3CCCCC3C(N1)N2. The maximum Gasteiger partial charge on any atom is 0.0635 e. The Morgan fingerprint density at radius 1 is 0.960 bits per heavy atom. The molecule has 5 aliphatic rings. The van der Waals surface area contributed by atoms with Crippen LogP contribution in [0.2, 0.25) is 0 Å². The van der Waals surface area contributed by atoms with E-state index in [0.717, 1.165) is 12.3 Å². The third kappa shape index (κ3) is 3.07. The predicted octanol–water partition coefficient (Wildman–Crippen LogP) is 1.48. The van der Waals surface area contributed by atoms with Gasteiger partial charge in [-0.3, -0.25) is 15.6 Å². The first-order chi connectivity index (χ1) is 12.3. The molecule has 6 nitrogen and oxygen atoms in total. The summed E-state index contributed by atoms with van der Waals surface area (Å²) in [5, 5.41) is 10.1. The summed E-state index contributed by atoms with van der Waals surface area (Å²) in [4.78, 5) is 0. The minimum absolute atomic E-state index is 0.136. The fraction of sp³-hybridized carbons (Fsp3) is 0.895. The number of hydrogen-bond acceptors (Lipinski definition) is 6. The minimum Gasteiger partial charge on any atom is -0.316 e. The number of hydrogen-bond donors (Lipinski definition) is 5. The predicted molar refractivity (Wildman–Crippen MR) is 98.4 cm³/mol. The molecule has 0 spiro atoms. The maximum atomic E-state index is 6.43. The van der Waals surface area contributed by atoms with Crippen LogP contribution in [0.3, 0.4) is 0 Å². The van der Waals surface area contributed by atoms with E-state index in [1.165, 1.54) is 63.5 Å². The molecule has 7 unspecified atom stereocenters. The second-order valence-corrected chi connectivity index (χ2v) is 8.98. The van der Waals surface area contributed by atoms with E-state index in [2.05, 4.69) is 32.8 Å². The third-order valence-corrected chi connectivity index (χ3v) is 7.42. The Balaban J connectivity index is 1.49. The largest absolute Gasteiger partial charge is 0.316 e. The molecular weight excluding hydrogens is 312 g/mol. The van der Waals surface area contributed by atoms with E-state index < -0.39 is 0 Å².